The molecule has 0 heterocycles. The van der Waals surface area contributed by atoms with Crippen molar-refractivity contribution >= 4 is 17.5 Å². The second-order valence-corrected chi connectivity index (χ2v) is 5.68. The van der Waals surface area contributed by atoms with E-state index in [1.165, 1.54) is 11.1 Å². The van der Waals surface area contributed by atoms with E-state index in [2.05, 4.69) is 16.7 Å². The van der Waals surface area contributed by atoms with Crippen molar-refractivity contribution in [2.24, 2.45) is 0 Å². The Labute approximate surface area is 112 Å². The van der Waals surface area contributed by atoms with Crippen LogP contribution in [0.5, 0.6) is 0 Å². The summed E-state index contributed by atoms with van der Waals surface area (Å²) < 4.78 is 0. The maximum absolute atomic E-state index is 11.6. The Bertz CT molecular complexity index is 471. The van der Waals surface area contributed by atoms with E-state index in [1.54, 1.807) is 0 Å². The minimum Gasteiger partial charge on any atom is -0.352 e. The molecule has 3 nitrogen and oxygen atoms in total. The molecule has 96 valence electrons. The monoisotopic (exact) mass is 264 g/mol. The van der Waals surface area contributed by atoms with Crippen LogP contribution in [0, 0.1) is 0 Å². The molecule has 0 radical (unpaired) electrons. The number of halogens is 1. The lowest BCUT2D eigenvalue weighted by atomic mass is 10.1. The molecule has 1 fully saturated rings. The van der Waals surface area contributed by atoms with Crippen LogP contribution in [0.1, 0.15) is 24.0 Å². The van der Waals surface area contributed by atoms with Crippen molar-refractivity contribution in [2.45, 2.75) is 37.8 Å². The summed E-state index contributed by atoms with van der Waals surface area (Å²) in [5.74, 6) is 0.117. The number of nitrogens with one attached hydrogen (secondary N) is 2. The molecule has 1 unspecified atom stereocenters. The van der Waals surface area contributed by atoms with Crippen LogP contribution >= 0.6 is 11.6 Å². The van der Waals surface area contributed by atoms with Crippen molar-refractivity contribution in [1.29, 1.82) is 0 Å². The number of carbonyl (C=O) groups excluding carboxylic acids is 1. The highest BCUT2D eigenvalue weighted by Crippen LogP contribution is 2.25. The topological polar surface area (TPSA) is 41.1 Å². The molecule has 2 aliphatic carbocycles. The first-order valence-corrected chi connectivity index (χ1v) is 6.88. The molecule has 4 heteroatoms. The van der Waals surface area contributed by atoms with Gasteiger partial charge in [-0.3, -0.25) is 4.79 Å². The smallest absolute Gasteiger partial charge is 0.234 e. The van der Waals surface area contributed by atoms with Gasteiger partial charge in [0, 0.05) is 17.1 Å². The molecule has 0 aromatic heterocycles. The van der Waals surface area contributed by atoms with Crippen molar-refractivity contribution in [3.05, 3.63) is 34.3 Å². The summed E-state index contributed by atoms with van der Waals surface area (Å²) in [5, 5.41) is 7.10. The van der Waals surface area contributed by atoms with E-state index >= 15 is 0 Å². The maximum atomic E-state index is 11.6. The van der Waals surface area contributed by atoms with Gasteiger partial charge in [-0.05, 0) is 48.9 Å². The molecule has 1 aromatic carbocycles. The summed E-state index contributed by atoms with van der Waals surface area (Å²) in [6, 6.07) is 6.86. The number of hydrogen-bond donors (Lipinski definition) is 2. The van der Waals surface area contributed by atoms with Crippen LogP contribution in [0.25, 0.3) is 0 Å². The first-order valence-electron chi connectivity index (χ1n) is 6.51. The Morgan fingerprint density at radius 1 is 1.22 bits per heavy atom. The second kappa shape index (κ2) is 4.90. The minimum atomic E-state index is 0.117. The van der Waals surface area contributed by atoms with E-state index in [9.17, 15) is 4.79 Å². The van der Waals surface area contributed by atoms with Gasteiger partial charge < -0.3 is 10.6 Å². The molecule has 0 aliphatic heterocycles. The van der Waals surface area contributed by atoms with Gasteiger partial charge in [0.2, 0.25) is 5.91 Å². The number of carbonyl (C=O) groups is 1. The predicted octanol–water partition coefficient (Wildman–Crippen LogP) is 1.68. The van der Waals surface area contributed by atoms with Gasteiger partial charge in [-0.15, -0.1) is 0 Å². The van der Waals surface area contributed by atoms with Crippen LogP contribution < -0.4 is 10.6 Å². The molecule has 0 spiro atoms. The highest BCUT2D eigenvalue weighted by atomic mass is 35.5. The van der Waals surface area contributed by atoms with Crippen LogP contribution in [0.3, 0.4) is 0 Å². The molecule has 3 rings (SSSR count). The Hall–Kier alpha value is -1.06. The number of amides is 1. The van der Waals surface area contributed by atoms with E-state index in [0.717, 1.165) is 30.7 Å². The second-order valence-electron chi connectivity index (χ2n) is 5.24. The van der Waals surface area contributed by atoms with Gasteiger partial charge in [0.25, 0.3) is 0 Å². The normalized spacial score (nSPS) is 21.7. The lowest BCUT2D eigenvalue weighted by Crippen LogP contribution is -2.40. The summed E-state index contributed by atoms with van der Waals surface area (Å²) in [6.07, 6.45) is 4.23. The van der Waals surface area contributed by atoms with Crippen LogP contribution in [-0.2, 0) is 17.6 Å². The van der Waals surface area contributed by atoms with Crippen molar-refractivity contribution in [1.82, 2.24) is 10.6 Å². The fraction of sp³-hybridized carbons (Fsp3) is 0.500. The van der Waals surface area contributed by atoms with Crippen molar-refractivity contribution in [3.63, 3.8) is 0 Å². The van der Waals surface area contributed by atoms with E-state index in [-0.39, 0.29) is 5.91 Å². The zero-order chi connectivity index (χ0) is 12.5. The third-order valence-corrected chi connectivity index (χ3v) is 3.83. The Balaban J connectivity index is 1.49. The van der Waals surface area contributed by atoms with Gasteiger partial charge in [0.1, 0.15) is 0 Å². The molecule has 1 saturated carbocycles. The highest BCUT2D eigenvalue weighted by Gasteiger charge is 2.25. The lowest BCUT2D eigenvalue weighted by Gasteiger charge is -2.11. The fourth-order valence-electron chi connectivity index (χ4n) is 2.47. The minimum absolute atomic E-state index is 0.117. The van der Waals surface area contributed by atoms with Gasteiger partial charge in [0.05, 0.1) is 6.54 Å². The molecular weight excluding hydrogens is 248 g/mol. The first-order chi connectivity index (χ1) is 8.70. The molecule has 0 bridgehead atoms. The Morgan fingerprint density at radius 3 is 2.78 bits per heavy atom. The molecule has 18 heavy (non-hydrogen) atoms. The van der Waals surface area contributed by atoms with E-state index in [4.69, 9.17) is 11.6 Å². The average molecular weight is 265 g/mol. The quantitative estimate of drug-likeness (QED) is 0.869. The average Bonchev–Trinajstić information content (AvgIpc) is 3.04. The van der Waals surface area contributed by atoms with Crippen LogP contribution in [0.4, 0.5) is 0 Å². The third kappa shape index (κ3) is 2.85. The molecule has 2 N–H and O–H groups in total. The number of hydrogen-bond acceptors (Lipinski definition) is 2. The molecular formula is C14H17ClN2O. The van der Waals surface area contributed by atoms with Crippen molar-refractivity contribution in [3.8, 4) is 0 Å². The summed E-state index contributed by atoms with van der Waals surface area (Å²) in [4.78, 5) is 11.6. The van der Waals surface area contributed by atoms with Gasteiger partial charge >= 0.3 is 0 Å². The highest BCUT2D eigenvalue weighted by molar-refractivity contribution is 6.30. The summed E-state index contributed by atoms with van der Waals surface area (Å²) in [5.41, 5.74) is 2.65. The van der Waals surface area contributed by atoms with E-state index < -0.39 is 0 Å². The number of benzene rings is 1. The molecule has 0 saturated heterocycles. The zero-order valence-corrected chi connectivity index (χ0v) is 11.0. The standard InChI is InChI=1S/C14H17ClN2O/c15-11-2-1-9-6-13(7-10(9)5-11)16-8-14(18)17-12-3-4-12/h1-2,5,12-13,16H,3-4,6-8H2,(H,17,18). The number of rotatable bonds is 4. The van der Waals surface area contributed by atoms with Gasteiger partial charge in [-0.25, -0.2) is 0 Å². The number of fused-ring (bicyclic) bond motifs is 1. The lowest BCUT2D eigenvalue weighted by molar-refractivity contribution is -0.120. The summed E-state index contributed by atoms with van der Waals surface area (Å²) in [6.45, 7) is 0.420. The van der Waals surface area contributed by atoms with Crippen molar-refractivity contribution < 1.29 is 4.79 Å². The van der Waals surface area contributed by atoms with Crippen LogP contribution in [-0.4, -0.2) is 24.5 Å². The van der Waals surface area contributed by atoms with Gasteiger partial charge in [-0.2, -0.15) is 0 Å². The van der Waals surface area contributed by atoms with Gasteiger partial charge in [-0.1, -0.05) is 17.7 Å². The summed E-state index contributed by atoms with van der Waals surface area (Å²) in [7, 11) is 0. The van der Waals surface area contributed by atoms with Crippen molar-refractivity contribution in [2.75, 3.05) is 6.54 Å². The fourth-order valence-corrected chi connectivity index (χ4v) is 2.67. The van der Waals surface area contributed by atoms with Gasteiger partial charge in [0.15, 0.2) is 0 Å². The van der Waals surface area contributed by atoms with E-state index in [1.807, 2.05) is 12.1 Å². The Kier molecular flexibility index (Phi) is 3.27. The third-order valence-electron chi connectivity index (χ3n) is 3.59. The van der Waals surface area contributed by atoms with Crippen LogP contribution in [0.15, 0.2) is 18.2 Å². The summed E-state index contributed by atoms with van der Waals surface area (Å²) >= 11 is 5.98. The zero-order valence-electron chi connectivity index (χ0n) is 10.2. The molecule has 1 atom stereocenters. The van der Waals surface area contributed by atoms with Crippen LogP contribution in [0.2, 0.25) is 5.02 Å². The Morgan fingerprint density at radius 2 is 2.00 bits per heavy atom. The van der Waals surface area contributed by atoms with E-state index in [0.29, 0.717) is 18.6 Å². The first kappa shape index (κ1) is 12.0. The molecule has 2 aliphatic rings. The predicted molar refractivity (Wildman–Crippen MR) is 71.8 cm³/mol. The largest absolute Gasteiger partial charge is 0.352 e. The molecule has 1 amide bonds. The maximum Gasteiger partial charge on any atom is 0.234 e. The molecule has 1 aromatic rings. The SMILES string of the molecule is O=C(CNC1Cc2ccc(Cl)cc2C1)NC1CC1.